The monoisotopic (exact) mass is 359 g/mol. The molecule has 0 bridgehead atoms. The summed E-state index contributed by atoms with van der Waals surface area (Å²) in [7, 11) is 0. The highest BCUT2D eigenvalue weighted by Crippen LogP contribution is 2.29. The molecule has 1 fully saturated rings. The van der Waals surface area contributed by atoms with Crippen molar-refractivity contribution in [3.8, 4) is 5.69 Å². The van der Waals surface area contributed by atoms with E-state index in [2.05, 4.69) is 10.3 Å². The standard InChI is InChI=1S/C18H15Cl2N3O/c19-14-7-6-13(10-15(14)20)23-16(18(24)22-12-4-1-5-12)9-11-3-2-8-21-17(11)23/h2-3,6-10,12H,1,4-5H2,(H,22,24). The Morgan fingerprint density at radius 1 is 1.17 bits per heavy atom. The molecule has 1 saturated carbocycles. The topological polar surface area (TPSA) is 46.9 Å². The summed E-state index contributed by atoms with van der Waals surface area (Å²) < 4.78 is 1.82. The van der Waals surface area contributed by atoms with E-state index in [4.69, 9.17) is 23.2 Å². The van der Waals surface area contributed by atoms with Crippen molar-refractivity contribution in [3.63, 3.8) is 0 Å². The van der Waals surface area contributed by atoms with E-state index in [1.807, 2.05) is 28.8 Å². The van der Waals surface area contributed by atoms with E-state index in [0.717, 1.165) is 29.6 Å². The lowest BCUT2D eigenvalue weighted by Gasteiger charge is -2.26. The van der Waals surface area contributed by atoms with Crippen molar-refractivity contribution in [2.45, 2.75) is 25.3 Å². The molecule has 0 aliphatic heterocycles. The minimum absolute atomic E-state index is 0.0937. The molecule has 24 heavy (non-hydrogen) atoms. The summed E-state index contributed by atoms with van der Waals surface area (Å²) >= 11 is 12.2. The van der Waals surface area contributed by atoms with Crippen LogP contribution >= 0.6 is 23.2 Å². The van der Waals surface area contributed by atoms with Crippen molar-refractivity contribution in [2.75, 3.05) is 0 Å². The Hall–Kier alpha value is -2.04. The fraction of sp³-hybridized carbons (Fsp3) is 0.222. The van der Waals surface area contributed by atoms with Gasteiger partial charge in [0.05, 0.1) is 10.0 Å². The second kappa shape index (κ2) is 6.11. The van der Waals surface area contributed by atoms with Crippen LogP contribution in [0.2, 0.25) is 10.0 Å². The van der Waals surface area contributed by atoms with Crippen LogP contribution in [0.15, 0.2) is 42.6 Å². The van der Waals surface area contributed by atoms with Gasteiger partial charge in [-0.05, 0) is 55.7 Å². The number of nitrogens with zero attached hydrogens (tertiary/aromatic N) is 2. The second-order valence-electron chi connectivity index (χ2n) is 5.98. The third kappa shape index (κ3) is 2.66. The Morgan fingerprint density at radius 2 is 2.00 bits per heavy atom. The van der Waals surface area contributed by atoms with Crippen LogP contribution in [-0.2, 0) is 0 Å². The van der Waals surface area contributed by atoms with Crippen LogP contribution in [0.25, 0.3) is 16.7 Å². The molecule has 1 aliphatic rings. The van der Waals surface area contributed by atoms with Gasteiger partial charge in [0.2, 0.25) is 0 Å². The maximum atomic E-state index is 12.7. The Labute approximate surface area is 149 Å². The first-order valence-corrected chi connectivity index (χ1v) is 8.62. The molecule has 3 aromatic rings. The number of hydrogen-bond acceptors (Lipinski definition) is 2. The van der Waals surface area contributed by atoms with Crippen LogP contribution in [0.1, 0.15) is 29.8 Å². The maximum Gasteiger partial charge on any atom is 0.268 e. The number of hydrogen-bond donors (Lipinski definition) is 1. The van der Waals surface area contributed by atoms with Gasteiger partial charge in [0.15, 0.2) is 0 Å². The molecule has 0 radical (unpaired) electrons. The van der Waals surface area contributed by atoms with Crippen LogP contribution in [0, 0.1) is 0 Å². The number of aromatic nitrogens is 2. The van der Waals surface area contributed by atoms with Crippen LogP contribution in [0.5, 0.6) is 0 Å². The minimum Gasteiger partial charge on any atom is -0.348 e. The van der Waals surface area contributed by atoms with E-state index in [-0.39, 0.29) is 11.9 Å². The van der Waals surface area contributed by atoms with E-state index in [9.17, 15) is 4.79 Å². The number of carbonyl (C=O) groups excluding carboxylic acids is 1. The highest BCUT2D eigenvalue weighted by molar-refractivity contribution is 6.42. The minimum atomic E-state index is -0.0937. The van der Waals surface area contributed by atoms with Crippen molar-refractivity contribution in [3.05, 3.63) is 58.3 Å². The molecule has 1 aromatic carbocycles. The van der Waals surface area contributed by atoms with E-state index < -0.39 is 0 Å². The molecule has 0 saturated heterocycles. The Kier molecular flexibility index (Phi) is 3.94. The van der Waals surface area contributed by atoms with Crippen molar-refractivity contribution in [1.82, 2.24) is 14.9 Å². The Bertz CT molecular complexity index is 931. The number of fused-ring (bicyclic) bond motifs is 1. The first kappa shape index (κ1) is 15.5. The lowest BCUT2D eigenvalue weighted by atomic mass is 9.93. The summed E-state index contributed by atoms with van der Waals surface area (Å²) in [6, 6.07) is 11.2. The zero-order chi connectivity index (χ0) is 16.7. The normalized spacial score (nSPS) is 14.6. The van der Waals surface area contributed by atoms with Crippen molar-refractivity contribution in [1.29, 1.82) is 0 Å². The molecule has 2 heterocycles. The van der Waals surface area contributed by atoms with Gasteiger partial charge in [0.1, 0.15) is 11.3 Å². The predicted octanol–water partition coefficient (Wildman–Crippen LogP) is 4.61. The Balaban J connectivity index is 1.86. The van der Waals surface area contributed by atoms with Gasteiger partial charge < -0.3 is 5.32 Å². The lowest BCUT2D eigenvalue weighted by molar-refractivity contribution is 0.0910. The molecule has 4 nitrogen and oxygen atoms in total. The van der Waals surface area contributed by atoms with Crippen molar-refractivity contribution < 1.29 is 4.79 Å². The van der Waals surface area contributed by atoms with Gasteiger partial charge in [-0.2, -0.15) is 0 Å². The molecule has 0 spiro atoms. The van der Waals surface area contributed by atoms with Crippen LogP contribution in [0.3, 0.4) is 0 Å². The fourth-order valence-corrected chi connectivity index (χ4v) is 3.19. The lowest BCUT2D eigenvalue weighted by Crippen LogP contribution is -2.40. The SMILES string of the molecule is O=C(NC1CCC1)c1cc2cccnc2n1-c1ccc(Cl)c(Cl)c1. The molecule has 0 unspecified atom stereocenters. The summed E-state index contributed by atoms with van der Waals surface area (Å²) in [5, 5.41) is 4.91. The summed E-state index contributed by atoms with van der Waals surface area (Å²) in [5.74, 6) is -0.0937. The predicted molar refractivity (Wildman–Crippen MR) is 96.2 cm³/mol. The number of halogens is 2. The average molecular weight is 360 g/mol. The van der Waals surface area contributed by atoms with Gasteiger partial charge >= 0.3 is 0 Å². The van der Waals surface area contributed by atoms with Gasteiger partial charge in [-0.15, -0.1) is 0 Å². The highest BCUT2D eigenvalue weighted by atomic mass is 35.5. The number of nitrogens with one attached hydrogen (secondary N) is 1. The molecule has 6 heteroatoms. The van der Waals surface area contributed by atoms with E-state index in [1.54, 1.807) is 18.3 Å². The first-order valence-electron chi connectivity index (χ1n) is 7.86. The molecule has 1 aliphatic carbocycles. The van der Waals surface area contributed by atoms with Crippen molar-refractivity contribution >= 4 is 40.1 Å². The number of carbonyl (C=O) groups is 1. The number of rotatable bonds is 3. The molecule has 122 valence electrons. The van der Waals surface area contributed by atoms with E-state index in [0.29, 0.717) is 15.7 Å². The van der Waals surface area contributed by atoms with Gasteiger partial charge in [-0.1, -0.05) is 23.2 Å². The zero-order valence-corrected chi connectivity index (χ0v) is 14.3. The van der Waals surface area contributed by atoms with E-state index >= 15 is 0 Å². The quantitative estimate of drug-likeness (QED) is 0.741. The van der Waals surface area contributed by atoms with E-state index in [1.165, 1.54) is 6.42 Å². The second-order valence-corrected chi connectivity index (χ2v) is 6.80. The highest BCUT2D eigenvalue weighted by Gasteiger charge is 2.23. The third-order valence-corrected chi connectivity index (χ3v) is 5.14. The molecule has 0 atom stereocenters. The molecule has 4 rings (SSSR count). The maximum absolute atomic E-state index is 12.7. The summed E-state index contributed by atoms with van der Waals surface area (Å²) in [5.41, 5.74) is 2.03. The molecule has 2 aromatic heterocycles. The van der Waals surface area contributed by atoms with Gasteiger partial charge in [0.25, 0.3) is 5.91 Å². The molecular formula is C18H15Cl2N3O. The van der Waals surface area contributed by atoms with Crippen LogP contribution in [0.4, 0.5) is 0 Å². The largest absolute Gasteiger partial charge is 0.348 e. The van der Waals surface area contributed by atoms with Crippen LogP contribution in [-0.4, -0.2) is 21.5 Å². The average Bonchev–Trinajstić information content (AvgIpc) is 2.93. The third-order valence-electron chi connectivity index (χ3n) is 4.40. The van der Waals surface area contributed by atoms with Gasteiger partial charge in [-0.3, -0.25) is 9.36 Å². The van der Waals surface area contributed by atoms with Crippen LogP contribution < -0.4 is 5.32 Å². The first-order chi connectivity index (χ1) is 11.6. The fourth-order valence-electron chi connectivity index (χ4n) is 2.90. The molecule has 1 amide bonds. The van der Waals surface area contributed by atoms with Crippen molar-refractivity contribution in [2.24, 2.45) is 0 Å². The van der Waals surface area contributed by atoms with Gasteiger partial charge in [0, 0.05) is 23.3 Å². The smallest absolute Gasteiger partial charge is 0.268 e. The number of benzene rings is 1. The number of pyridine rings is 1. The summed E-state index contributed by atoms with van der Waals surface area (Å²) in [6.45, 7) is 0. The summed E-state index contributed by atoms with van der Waals surface area (Å²) in [4.78, 5) is 17.2. The summed E-state index contributed by atoms with van der Waals surface area (Å²) in [6.07, 6.45) is 4.96. The molecular weight excluding hydrogens is 345 g/mol. The molecule has 1 N–H and O–H groups in total. The number of amides is 1. The Morgan fingerprint density at radius 3 is 2.71 bits per heavy atom. The van der Waals surface area contributed by atoms with Gasteiger partial charge in [-0.25, -0.2) is 4.98 Å². The zero-order valence-electron chi connectivity index (χ0n) is 12.8.